The summed E-state index contributed by atoms with van der Waals surface area (Å²) in [5.74, 6) is -0.168. The Morgan fingerprint density at radius 3 is 2.52 bits per heavy atom. The first kappa shape index (κ1) is 17.6. The number of hydrogen-bond acceptors (Lipinski definition) is 4. The molecule has 0 fully saturated rings. The van der Waals surface area contributed by atoms with Crippen LogP contribution in [0.25, 0.3) is 0 Å². The first-order chi connectivity index (χ1) is 9.94. The van der Waals surface area contributed by atoms with E-state index in [2.05, 4.69) is 10.0 Å². The Morgan fingerprint density at radius 1 is 1.24 bits per heavy atom. The second-order valence-electron chi connectivity index (χ2n) is 4.74. The van der Waals surface area contributed by atoms with E-state index in [1.165, 1.54) is 0 Å². The van der Waals surface area contributed by atoms with Crippen LogP contribution in [0.15, 0.2) is 30.3 Å². The summed E-state index contributed by atoms with van der Waals surface area (Å²) in [6.45, 7) is 2.28. The minimum atomic E-state index is -3.16. The molecule has 0 aliphatic rings. The lowest BCUT2D eigenvalue weighted by molar-refractivity contribution is -0.122. The fourth-order valence-corrected chi connectivity index (χ4v) is 2.38. The average Bonchev–Trinajstić information content (AvgIpc) is 2.47. The van der Waals surface area contributed by atoms with Crippen molar-refractivity contribution in [1.82, 2.24) is 10.0 Å². The fraction of sp³-hybridized carbons (Fsp3) is 0.500. The molecule has 1 rings (SSSR count). The summed E-state index contributed by atoms with van der Waals surface area (Å²) in [7, 11) is -3.16. The van der Waals surface area contributed by atoms with Crippen molar-refractivity contribution >= 4 is 15.9 Å². The molecule has 0 unspecified atom stereocenters. The van der Waals surface area contributed by atoms with E-state index in [1.54, 1.807) is 6.92 Å². The van der Waals surface area contributed by atoms with E-state index >= 15 is 0 Å². The normalized spacial score (nSPS) is 12.9. The molecule has 21 heavy (non-hydrogen) atoms. The maximum absolute atomic E-state index is 11.8. The zero-order chi connectivity index (χ0) is 15.7. The quantitative estimate of drug-likeness (QED) is 0.559. The molecule has 0 bridgehead atoms. The summed E-state index contributed by atoms with van der Waals surface area (Å²) in [6, 6.07) is 8.96. The lowest BCUT2D eigenvalue weighted by Gasteiger charge is -2.12. The van der Waals surface area contributed by atoms with Crippen LogP contribution < -0.4 is 15.8 Å². The predicted octanol–water partition coefficient (Wildman–Crippen LogP) is 0.00200. The van der Waals surface area contributed by atoms with Crippen molar-refractivity contribution in [3.63, 3.8) is 0 Å². The van der Waals surface area contributed by atoms with Crippen molar-refractivity contribution in [2.75, 3.05) is 18.8 Å². The standard InChI is InChI=1S/C14H23N3O3S/c1-2-21(19,20)17-10-6-9-16-14(18)13(15)11-12-7-4-3-5-8-12/h3-5,7-8,13,17H,2,6,9-11,15H2,1H3,(H,16,18)/t13-/m0/s1. The second kappa shape index (κ2) is 8.76. The van der Waals surface area contributed by atoms with Crippen molar-refractivity contribution in [3.05, 3.63) is 35.9 Å². The van der Waals surface area contributed by atoms with Gasteiger partial charge in [-0.25, -0.2) is 13.1 Å². The van der Waals surface area contributed by atoms with Gasteiger partial charge in [0.1, 0.15) is 0 Å². The van der Waals surface area contributed by atoms with Crippen molar-refractivity contribution in [2.45, 2.75) is 25.8 Å². The van der Waals surface area contributed by atoms with Crippen LogP contribution in [-0.4, -0.2) is 39.2 Å². The number of rotatable bonds is 9. The van der Waals surface area contributed by atoms with Crippen molar-refractivity contribution < 1.29 is 13.2 Å². The number of nitrogens with one attached hydrogen (secondary N) is 2. The molecule has 4 N–H and O–H groups in total. The topological polar surface area (TPSA) is 101 Å². The number of sulfonamides is 1. The number of carbonyl (C=O) groups is 1. The molecule has 0 spiro atoms. The second-order valence-corrected chi connectivity index (χ2v) is 6.83. The van der Waals surface area contributed by atoms with Gasteiger partial charge in [0.15, 0.2) is 0 Å². The highest BCUT2D eigenvalue weighted by molar-refractivity contribution is 7.89. The van der Waals surface area contributed by atoms with Gasteiger partial charge in [0.05, 0.1) is 11.8 Å². The molecule has 0 aromatic heterocycles. The van der Waals surface area contributed by atoms with Crippen molar-refractivity contribution in [3.8, 4) is 0 Å². The SMILES string of the molecule is CCS(=O)(=O)NCCCNC(=O)[C@@H](N)Cc1ccccc1. The van der Waals surface area contributed by atoms with Crippen LogP contribution in [0.2, 0.25) is 0 Å². The van der Waals surface area contributed by atoms with E-state index in [0.717, 1.165) is 5.56 Å². The Kier molecular flexibility index (Phi) is 7.35. The highest BCUT2D eigenvalue weighted by Gasteiger charge is 2.13. The molecule has 0 radical (unpaired) electrons. The fourth-order valence-electron chi connectivity index (χ4n) is 1.72. The van der Waals surface area contributed by atoms with Gasteiger partial charge in [0.2, 0.25) is 15.9 Å². The molecule has 0 aliphatic heterocycles. The molecule has 1 amide bonds. The third kappa shape index (κ3) is 7.22. The van der Waals surface area contributed by atoms with Gasteiger partial charge < -0.3 is 11.1 Å². The molecule has 0 saturated heterocycles. The lowest BCUT2D eigenvalue weighted by Crippen LogP contribution is -2.42. The van der Waals surface area contributed by atoms with Crippen LogP contribution in [0.4, 0.5) is 0 Å². The smallest absolute Gasteiger partial charge is 0.237 e. The molecule has 0 aliphatic carbocycles. The molecular formula is C14H23N3O3S. The number of hydrogen-bond donors (Lipinski definition) is 3. The van der Waals surface area contributed by atoms with Crippen LogP contribution in [0.1, 0.15) is 18.9 Å². The number of benzene rings is 1. The number of nitrogens with two attached hydrogens (primary N) is 1. The molecule has 6 nitrogen and oxygen atoms in total. The third-order valence-corrected chi connectivity index (χ3v) is 4.39. The highest BCUT2D eigenvalue weighted by Crippen LogP contribution is 2.01. The van der Waals surface area contributed by atoms with E-state index < -0.39 is 16.1 Å². The van der Waals surface area contributed by atoms with E-state index in [4.69, 9.17) is 5.73 Å². The Morgan fingerprint density at radius 2 is 1.90 bits per heavy atom. The Balaban J connectivity index is 2.21. The Bertz CT molecular complexity index is 532. The summed E-state index contributed by atoms with van der Waals surface area (Å²) in [4.78, 5) is 11.8. The highest BCUT2D eigenvalue weighted by atomic mass is 32.2. The largest absolute Gasteiger partial charge is 0.355 e. The monoisotopic (exact) mass is 313 g/mol. The van der Waals surface area contributed by atoms with Gasteiger partial charge in [0.25, 0.3) is 0 Å². The summed E-state index contributed by atoms with van der Waals surface area (Å²) in [5.41, 5.74) is 6.84. The molecule has 118 valence electrons. The van der Waals surface area contributed by atoms with E-state index in [1.807, 2.05) is 30.3 Å². The molecule has 1 aromatic carbocycles. The summed E-state index contributed by atoms with van der Waals surface area (Å²) in [6.07, 6.45) is 1.01. The first-order valence-electron chi connectivity index (χ1n) is 6.99. The Labute approximate surface area is 126 Å². The molecule has 1 aromatic rings. The third-order valence-electron chi connectivity index (χ3n) is 2.99. The average molecular weight is 313 g/mol. The van der Waals surface area contributed by atoms with Crippen LogP contribution in [0, 0.1) is 0 Å². The van der Waals surface area contributed by atoms with Crippen LogP contribution >= 0.6 is 0 Å². The maximum atomic E-state index is 11.8. The lowest BCUT2D eigenvalue weighted by atomic mass is 10.1. The van der Waals surface area contributed by atoms with Gasteiger partial charge in [0, 0.05) is 13.1 Å². The molecule has 0 saturated carbocycles. The summed E-state index contributed by atoms with van der Waals surface area (Å²) in [5, 5.41) is 2.71. The Hall–Kier alpha value is -1.44. The van der Waals surface area contributed by atoms with Crippen molar-refractivity contribution in [1.29, 1.82) is 0 Å². The van der Waals surface area contributed by atoms with Crippen molar-refractivity contribution in [2.24, 2.45) is 5.73 Å². The van der Waals surface area contributed by atoms with Crippen LogP contribution in [0.3, 0.4) is 0 Å². The zero-order valence-electron chi connectivity index (χ0n) is 12.2. The molecule has 0 heterocycles. The summed E-state index contributed by atoms with van der Waals surface area (Å²) >= 11 is 0. The van der Waals surface area contributed by atoms with Gasteiger partial charge in [-0.3, -0.25) is 4.79 Å². The molecular weight excluding hydrogens is 290 g/mol. The maximum Gasteiger partial charge on any atom is 0.237 e. The minimum Gasteiger partial charge on any atom is -0.355 e. The van der Waals surface area contributed by atoms with Crippen LogP contribution in [0.5, 0.6) is 0 Å². The number of amides is 1. The van der Waals surface area contributed by atoms with E-state index in [0.29, 0.717) is 25.9 Å². The zero-order valence-corrected chi connectivity index (χ0v) is 13.0. The van der Waals surface area contributed by atoms with E-state index in [-0.39, 0.29) is 11.7 Å². The number of carbonyl (C=O) groups excluding carboxylic acids is 1. The summed E-state index contributed by atoms with van der Waals surface area (Å²) < 4.78 is 24.8. The molecule has 1 atom stereocenters. The van der Waals surface area contributed by atoms with E-state index in [9.17, 15) is 13.2 Å². The van der Waals surface area contributed by atoms with Crippen LogP contribution in [-0.2, 0) is 21.2 Å². The van der Waals surface area contributed by atoms with Gasteiger partial charge in [-0.15, -0.1) is 0 Å². The van der Waals surface area contributed by atoms with Gasteiger partial charge >= 0.3 is 0 Å². The van der Waals surface area contributed by atoms with Gasteiger partial charge in [-0.2, -0.15) is 0 Å². The molecule has 7 heteroatoms. The van der Waals surface area contributed by atoms with Gasteiger partial charge in [-0.05, 0) is 25.3 Å². The minimum absolute atomic E-state index is 0.0569. The first-order valence-corrected chi connectivity index (χ1v) is 8.64. The predicted molar refractivity (Wildman–Crippen MR) is 83.2 cm³/mol. The van der Waals surface area contributed by atoms with Gasteiger partial charge in [-0.1, -0.05) is 30.3 Å².